The molecule has 1 aromatic rings. The standard InChI is InChI=1S/C15H22ClFN2/c1-18(2)11-12-6-8-19(9-7-12)15-13(10-16)4-3-5-14(15)17/h3-5,12H,6-11H2,1-2H3. The molecule has 0 radical (unpaired) electrons. The SMILES string of the molecule is CN(C)CC1CCN(c2c(F)cccc2CCl)CC1. The van der Waals surface area contributed by atoms with Gasteiger partial charge in [0.15, 0.2) is 0 Å². The number of alkyl halides is 1. The van der Waals surface area contributed by atoms with Crippen LogP contribution in [-0.2, 0) is 5.88 Å². The fourth-order valence-electron chi connectivity index (χ4n) is 2.88. The smallest absolute Gasteiger partial charge is 0.146 e. The fraction of sp³-hybridized carbons (Fsp3) is 0.600. The Morgan fingerprint density at radius 3 is 2.58 bits per heavy atom. The summed E-state index contributed by atoms with van der Waals surface area (Å²) in [6.45, 7) is 2.96. The second kappa shape index (κ2) is 6.58. The lowest BCUT2D eigenvalue weighted by Gasteiger charge is -2.35. The molecule has 19 heavy (non-hydrogen) atoms. The van der Waals surface area contributed by atoms with Crippen molar-refractivity contribution in [2.24, 2.45) is 5.92 Å². The molecule has 0 aromatic heterocycles. The van der Waals surface area contributed by atoms with Crippen molar-refractivity contribution in [3.63, 3.8) is 0 Å². The largest absolute Gasteiger partial charge is 0.369 e. The minimum absolute atomic E-state index is 0.149. The molecule has 106 valence electrons. The quantitative estimate of drug-likeness (QED) is 0.783. The van der Waals surface area contributed by atoms with Crippen LogP contribution < -0.4 is 4.90 Å². The summed E-state index contributed by atoms with van der Waals surface area (Å²) in [5, 5.41) is 0. The molecule has 0 saturated carbocycles. The van der Waals surface area contributed by atoms with Crippen LogP contribution in [0.3, 0.4) is 0 Å². The molecule has 1 aromatic carbocycles. The summed E-state index contributed by atoms with van der Waals surface area (Å²) in [5.74, 6) is 0.937. The number of hydrogen-bond donors (Lipinski definition) is 0. The topological polar surface area (TPSA) is 6.48 Å². The van der Waals surface area contributed by atoms with Gasteiger partial charge in [-0.1, -0.05) is 12.1 Å². The number of para-hydroxylation sites is 1. The van der Waals surface area contributed by atoms with Gasteiger partial charge in [-0.2, -0.15) is 0 Å². The zero-order valence-corrected chi connectivity index (χ0v) is 12.5. The molecule has 0 atom stereocenters. The lowest BCUT2D eigenvalue weighted by atomic mass is 9.95. The molecule has 0 spiro atoms. The van der Waals surface area contributed by atoms with E-state index in [-0.39, 0.29) is 5.82 Å². The van der Waals surface area contributed by atoms with Gasteiger partial charge >= 0.3 is 0 Å². The maximum absolute atomic E-state index is 14.0. The summed E-state index contributed by atoms with van der Waals surface area (Å²) in [4.78, 5) is 4.38. The van der Waals surface area contributed by atoms with Crippen molar-refractivity contribution >= 4 is 17.3 Å². The Hall–Kier alpha value is -0.800. The van der Waals surface area contributed by atoms with Crippen molar-refractivity contribution in [2.45, 2.75) is 18.7 Å². The van der Waals surface area contributed by atoms with Crippen LogP contribution in [0.15, 0.2) is 18.2 Å². The van der Waals surface area contributed by atoms with Gasteiger partial charge < -0.3 is 9.80 Å². The Kier molecular flexibility index (Phi) is 5.06. The summed E-state index contributed by atoms with van der Waals surface area (Å²) in [6, 6.07) is 5.17. The molecule has 0 N–H and O–H groups in total. The van der Waals surface area contributed by atoms with Crippen LogP contribution in [0, 0.1) is 11.7 Å². The predicted octanol–water partition coefficient (Wildman–Crippen LogP) is 3.34. The monoisotopic (exact) mass is 284 g/mol. The van der Waals surface area contributed by atoms with Gasteiger partial charge in [0.05, 0.1) is 5.69 Å². The van der Waals surface area contributed by atoms with Gasteiger partial charge in [0.1, 0.15) is 5.82 Å². The summed E-state index contributed by atoms with van der Waals surface area (Å²) < 4.78 is 14.0. The maximum atomic E-state index is 14.0. The highest BCUT2D eigenvalue weighted by molar-refractivity contribution is 6.17. The van der Waals surface area contributed by atoms with Crippen molar-refractivity contribution in [1.29, 1.82) is 0 Å². The summed E-state index contributed by atoms with van der Waals surface area (Å²) in [6.07, 6.45) is 2.24. The first-order chi connectivity index (χ1) is 9.11. The van der Waals surface area contributed by atoms with Crippen LogP contribution in [0.25, 0.3) is 0 Å². The number of nitrogens with zero attached hydrogens (tertiary/aromatic N) is 2. The lowest BCUT2D eigenvalue weighted by Crippen LogP contribution is -2.38. The number of piperidine rings is 1. The normalized spacial score (nSPS) is 17.2. The van der Waals surface area contributed by atoms with Crippen LogP contribution in [0.5, 0.6) is 0 Å². The molecule has 0 amide bonds. The maximum Gasteiger partial charge on any atom is 0.146 e. The first-order valence-electron chi connectivity index (χ1n) is 6.85. The van der Waals surface area contributed by atoms with E-state index in [0.29, 0.717) is 11.6 Å². The van der Waals surface area contributed by atoms with Crippen LogP contribution in [0.4, 0.5) is 10.1 Å². The summed E-state index contributed by atoms with van der Waals surface area (Å²) in [7, 11) is 4.21. The average Bonchev–Trinajstić information content (AvgIpc) is 2.39. The van der Waals surface area contributed by atoms with Gasteiger partial charge in [-0.15, -0.1) is 11.6 Å². The van der Waals surface area contributed by atoms with Crippen molar-refractivity contribution in [3.8, 4) is 0 Å². The van der Waals surface area contributed by atoms with Gasteiger partial charge in [0.2, 0.25) is 0 Å². The van der Waals surface area contributed by atoms with E-state index in [1.807, 2.05) is 6.07 Å². The van der Waals surface area contributed by atoms with E-state index in [1.54, 1.807) is 6.07 Å². The Morgan fingerprint density at radius 1 is 1.32 bits per heavy atom. The minimum atomic E-state index is -0.149. The van der Waals surface area contributed by atoms with Crippen LogP contribution >= 0.6 is 11.6 Å². The van der Waals surface area contributed by atoms with E-state index in [9.17, 15) is 4.39 Å². The summed E-state index contributed by atoms with van der Waals surface area (Å²) in [5.41, 5.74) is 1.61. The van der Waals surface area contributed by atoms with Gasteiger partial charge in [0, 0.05) is 25.5 Å². The molecule has 2 rings (SSSR count). The fourth-order valence-corrected chi connectivity index (χ4v) is 3.09. The number of hydrogen-bond acceptors (Lipinski definition) is 2. The van der Waals surface area contributed by atoms with Crippen molar-refractivity contribution in [2.75, 3.05) is 38.6 Å². The van der Waals surface area contributed by atoms with Gasteiger partial charge in [-0.25, -0.2) is 4.39 Å². The van der Waals surface area contributed by atoms with E-state index in [0.717, 1.165) is 44.0 Å². The third-order valence-corrected chi connectivity index (χ3v) is 4.06. The Labute approximate surface area is 120 Å². The zero-order chi connectivity index (χ0) is 13.8. The number of halogens is 2. The molecule has 4 heteroatoms. The number of anilines is 1. The minimum Gasteiger partial charge on any atom is -0.369 e. The Bertz CT molecular complexity index is 415. The van der Waals surface area contributed by atoms with E-state index >= 15 is 0 Å². The molecule has 0 bridgehead atoms. The van der Waals surface area contributed by atoms with Crippen molar-refractivity contribution in [1.82, 2.24) is 4.90 Å². The van der Waals surface area contributed by atoms with Gasteiger partial charge in [-0.3, -0.25) is 0 Å². The van der Waals surface area contributed by atoms with E-state index in [1.165, 1.54) is 6.07 Å². The third kappa shape index (κ3) is 3.61. The molecular formula is C15H22ClFN2. The molecule has 1 saturated heterocycles. The van der Waals surface area contributed by atoms with Crippen molar-refractivity contribution < 1.29 is 4.39 Å². The Balaban J connectivity index is 2.05. The van der Waals surface area contributed by atoms with Crippen molar-refractivity contribution in [3.05, 3.63) is 29.6 Å². The van der Waals surface area contributed by atoms with E-state index < -0.39 is 0 Å². The molecule has 1 aliphatic rings. The number of benzene rings is 1. The van der Waals surface area contributed by atoms with Gasteiger partial charge in [-0.05, 0) is 44.5 Å². The molecular weight excluding hydrogens is 263 g/mol. The molecule has 2 nitrogen and oxygen atoms in total. The van der Waals surface area contributed by atoms with Crippen LogP contribution in [0.1, 0.15) is 18.4 Å². The lowest BCUT2D eigenvalue weighted by molar-refractivity contribution is 0.284. The van der Waals surface area contributed by atoms with Crippen LogP contribution in [0.2, 0.25) is 0 Å². The molecule has 0 aliphatic carbocycles. The van der Waals surface area contributed by atoms with E-state index in [2.05, 4.69) is 23.9 Å². The second-order valence-electron chi connectivity index (χ2n) is 5.57. The highest BCUT2D eigenvalue weighted by Crippen LogP contribution is 2.30. The molecule has 1 aliphatic heterocycles. The average molecular weight is 285 g/mol. The second-order valence-corrected chi connectivity index (χ2v) is 5.84. The Morgan fingerprint density at radius 2 is 2.00 bits per heavy atom. The number of rotatable bonds is 4. The molecule has 1 heterocycles. The van der Waals surface area contributed by atoms with E-state index in [4.69, 9.17) is 11.6 Å². The van der Waals surface area contributed by atoms with Gasteiger partial charge in [0.25, 0.3) is 0 Å². The predicted molar refractivity (Wildman–Crippen MR) is 79.4 cm³/mol. The third-order valence-electron chi connectivity index (χ3n) is 3.77. The highest BCUT2D eigenvalue weighted by Gasteiger charge is 2.23. The van der Waals surface area contributed by atoms with Crippen LogP contribution in [-0.4, -0.2) is 38.6 Å². The first-order valence-corrected chi connectivity index (χ1v) is 7.38. The molecule has 1 fully saturated rings. The first kappa shape index (κ1) is 14.6. The highest BCUT2D eigenvalue weighted by atomic mass is 35.5. The zero-order valence-electron chi connectivity index (χ0n) is 11.7. The summed E-state index contributed by atoms with van der Waals surface area (Å²) >= 11 is 5.92. The molecule has 0 unspecified atom stereocenters.